The third-order valence-electron chi connectivity index (χ3n) is 5.55. The zero-order valence-corrected chi connectivity index (χ0v) is 19.4. The highest BCUT2D eigenvalue weighted by Crippen LogP contribution is 2.19. The van der Waals surface area contributed by atoms with Crippen LogP contribution in [0.15, 0.2) is 29.3 Å². The minimum atomic E-state index is -0.0815. The van der Waals surface area contributed by atoms with Gasteiger partial charge in [-0.3, -0.25) is 14.7 Å². The highest BCUT2D eigenvalue weighted by atomic mass is 127. The van der Waals surface area contributed by atoms with E-state index in [1.165, 1.54) is 18.2 Å². The number of likely N-dealkylation sites (tertiary alicyclic amines) is 1. The summed E-state index contributed by atoms with van der Waals surface area (Å²) in [4.78, 5) is 21.3. The average molecular weight is 500 g/mol. The van der Waals surface area contributed by atoms with Gasteiger partial charge in [-0.25, -0.2) is 0 Å². The fraction of sp³-hybridized carbons (Fsp3) is 0.619. The van der Waals surface area contributed by atoms with E-state index in [4.69, 9.17) is 9.73 Å². The number of halogens is 1. The number of piperidine rings is 1. The van der Waals surface area contributed by atoms with Gasteiger partial charge >= 0.3 is 5.97 Å². The molecule has 7 heteroatoms. The molecule has 1 N–H and O–H groups in total. The molecule has 0 aromatic heterocycles. The Morgan fingerprint density at radius 3 is 2.61 bits per heavy atom. The van der Waals surface area contributed by atoms with Gasteiger partial charge < -0.3 is 15.0 Å². The zero-order valence-electron chi connectivity index (χ0n) is 17.0. The molecule has 1 aromatic rings. The Labute approximate surface area is 185 Å². The molecule has 0 amide bonds. The number of carbonyl (C=O) groups is 1. The SMILES string of the molecule is CCNC(=NCCN1CCc2ccccc2C1)N1CCC(C(=O)OC)CC1.I. The minimum absolute atomic E-state index is 0. The van der Waals surface area contributed by atoms with Crippen molar-refractivity contribution >= 4 is 35.9 Å². The molecule has 28 heavy (non-hydrogen) atoms. The molecule has 3 rings (SSSR count). The summed E-state index contributed by atoms with van der Waals surface area (Å²) < 4.78 is 4.88. The molecule has 1 aromatic carbocycles. The van der Waals surface area contributed by atoms with Crippen LogP contribution in [0.3, 0.4) is 0 Å². The molecule has 0 radical (unpaired) electrons. The lowest BCUT2D eigenvalue weighted by molar-refractivity contribution is -0.146. The molecule has 1 fully saturated rings. The molecule has 2 aliphatic rings. The van der Waals surface area contributed by atoms with Crippen molar-refractivity contribution in [2.24, 2.45) is 10.9 Å². The second kappa shape index (κ2) is 11.6. The normalized spacial score (nSPS) is 18.2. The first-order valence-corrected chi connectivity index (χ1v) is 10.1. The van der Waals surface area contributed by atoms with Gasteiger partial charge in [-0.05, 0) is 37.3 Å². The van der Waals surface area contributed by atoms with E-state index in [1.54, 1.807) is 0 Å². The highest BCUT2D eigenvalue weighted by molar-refractivity contribution is 14.0. The first-order valence-electron chi connectivity index (χ1n) is 10.1. The van der Waals surface area contributed by atoms with E-state index in [-0.39, 0.29) is 35.9 Å². The van der Waals surface area contributed by atoms with Gasteiger partial charge in [-0.15, -0.1) is 24.0 Å². The molecule has 156 valence electrons. The fourth-order valence-electron chi connectivity index (χ4n) is 3.96. The van der Waals surface area contributed by atoms with Crippen LogP contribution in [-0.2, 0) is 22.5 Å². The average Bonchev–Trinajstić information content (AvgIpc) is 2.72. The number of aliphatic imine (C=N–C) groups is 1. The summed E-state index contributed by atoms with van der Waals surface area (Å²) in [6, 6.07) is 8.74. The van der Waals surface area contributed by atoms with E-state index in [9.17, 15) is 4.79 Å². The van der Waals surface area contributed by atoms with Crippen LogP contribution in [0.5, 0.6) is 0 Å². The molecule has 2 heterocycles. The number of benzene rings is 1. The standard InChI is InChI=1S/C21H32N4O2.HI/c1-3-22-21(25-13-9-18(10-14-25)20(26)27-2)23-11-15-24-12-8-17-6-4-5-7-19(17)16-24;/h4-7,18H,3,8-16H2,1-2H3,(H,22,23);1H. The van der Waals surface area contributed by atoms with Crippen molar-refractivity contribution < 1.29 is 9.53 Å². The molecular weight excluding hydrogens is 467 g/mol. The number of nitrogens with one attached hydrogen (secondary N) is 1. The number of esters is 1. The van der Waals surface area contributed by atoms with E-state index in [1.807, 2.05) is 0 Å². The molecule has 1 saturated heterocycles. The Morgan fingerprint density at radius 1 is 1.21 bits per heavy atom. The lowest BCUT2D eigenvalue weighted by Gasteiger charge is -2.33. The van der Waals surface area contributed by atoms with Gasteiger partial charge in [0.2, 0.25) is 0 Å². The maximum Gasteiger partial charge on any atom is 0.308 e. The van der Waals surface area contributed by atoms with Crippen molar-refractivity contribution in [1.82, 2.24) is 15.1 Å². The van der Waals surface area contributed by atoms with Crippen LogP contribution in [0.2, 0.25) is 0 Å². The van der Waals surface area contributed by atoms with Crippen LogP contribution in [0, 0.1) is 5.92 Å². The van der Waals surface area contributed by atoms with Crippen LogP contribution in [0.4, 0.5) is 0 Å². The molecule has 0 bridgehead atoms. The van der Waals surface area contributed by atoms with E-state index in [0.29, 0.717) is 0 Å². The van der Waals surface area contributed by atoms with Gasteiger partial charge in [0.15, 0.2) is 5.96 Å². The molecule has 6 nitrogen and oxygen atoms in total. The summed E-state index contributed by atoms with van der Waals surface area (Å²) in [6.07, 6.45) is 2.79. The number of rotatable bonds is 5. The number of methoxy groups -OCH3 is 1. The lowest BCUT2D eigenvalue weighted by Crippen LogP contribution is -2.47. The second-order valence-electron chi connectivity index (χ2n) is 7.31. The van der Waals surface area contributed by atoms with Gasteiger partial charge in [0.25, 0.3) is 0 Å². The van der Waals surface area contributed by atoms with Crippen LogP contribution >= 0.6 is 24.0 Å². The van der Waals surface area contributed by atoms with Gasteiger partial charge in [0.05, 0.1) is 19.6 Å². The Balaban J connectivity index is 0.00000280. The van der Waals surface area contributed by atoms with Crippen molar-refractivity contribution in [2.75, 3.05) is 46.4 Å². The van der Waals surface area contributed by atoms with Crippen molar-refractivity contribution in [3.05, 3.63) is 35.4 Å². The van der Waals surface area contributed by atoms with Gasteiger partial charge in [-0.1, -0.05) is 24.3 Å². The molecule has 0 aliphatic carbocycles. The van der Waals surface area contributed by atoms with Gasteiger partial charge in [0, 0.05) is 39.3 Å². The third kappa shape index (κ3) is 6.07. The van der Waals surface area contributed by atoms with Crippen LogP contribution in [-0.4, -0.2) is 68.1 Å². The predicted octanol–water partition coefficient (Wildman–Crippen LogP) is 2.51. The van der Waals surface area contributed by atoms with E-state index < -0.39 is 0 Å². The van der Waals surface area contributed by atoms with Crippen molar-refractivity contribution in [3.8, 4) is 0 Å². The molecule has 0 saturated carbocycles. The Kier molecular flexibility index (Phi) is 9.50. The largest absolute Gasteiger partial charge is 0.469 e. The zero-order chi connectivity index (χ0) is 19.1. The molecule has 0 unspecified atom stereocenters. The van der Waals surface area contributed by atoms with Crippen LogP contribution in [0.1, 0.15) is 30.9 Å². The number of fused-ring (bicyclic) bond motifs is 1. The maximum absolute atomic E-state index is 11.7. The minimum Gasteiger partial charge on any atom is -0.469 e. The number of nitrogens with zero attached hydrogens (tertiary/aromatic N) is 3. The molecule has 0 spiro atoms. The summed E-state index contributed by atoms with van der Waals surface area (Å²) in [5.74, 6) is 0.919. The monoisotopic (exact) mass is 500 g/mol. The van der Waals surface area contributed by atoms with Crippen molar-refractivity contribution in [1.29, 1.82) is 0 Å². The van der Waals surface area contributed by atoms with E-state index in [2.05, 4.69) is 46.3 Å². The first kappa shape index (κ1) is 22.9. The maximum atomic E-state index is 11.7. The second-order valence-corrected chi connectivity index (χ2v) is 7.31. The number of guanidine groups is 1. The lowest BCUT2D eigenvalue weighted by atomic mass is 9.97. The van der Waals surface area contributed by atoms with Crippen LogP contribution < -0.4 is 5.32 Å². The number of ether oxygens (including phenoxy) is 1. The summed E-state index contributed by atoms with van der Waals surface area (Å²) in [5.41, 5.74) is 2.93. The van der Waals surface area contributed by atoms with E-state index >= 15 is 0 Å². The fourth-order valence-corrected chi connectivity index (χ4v) is 3.96. The van der Waals surface area contributed by atoms with Crippen LogP contribution in [0.25, 0.3) is 0 Å². The quantitative estimate of drug-likeness (QED) is 0.292. The third-order valence-corrected chi connectivity index (χ3v) is 5.55. The smallest absolute Gasteiger partial charge is 0.308 e. The van der Waals surface area contributed by atoms with Gasteiger partial charge in [-0.2, -0.15) is 0 Å². The summed E-state index contributed by atoms with van der Waals surface area (Å²) >= 11 is 0. The topological polar surface area (TPSA) is 57.2 Å². The summed E-state index contributed by atoms with van der Waals surface area (Å²) in [5, 5.41) is 3.40. The van der Waals surface area contributed by atoms with E-state index in [0.717, 1.165) is 71.0 Å². The number of hydrogen-bond acceptors (Lipinski definition) is 4. The molecular formula is C21H33IN4O2. The summed E-state index contributed by atoms with van der Waals surface area (Å²) in [7, 11) is 1.47. The summed E-state index contributed by atoms with van der Waals surface area (Å²) in [6.45, 7) is 8.54. The number of hydrogen-bond donors (Lipinski definition) is 1. The van der Waals surface area contributed by atoms with Crippen molar-refractivity contribution in [2.45, 2.75) is 32.7 Å². The Hall–Kier alpha value is -1.35. The highest BCUT2D eigenvalue weighted by Gasteiger charge is 2.27. The Morgan fingerprint density at radius 2 is 1.93 bits per heavy atom. The Bertz CT molecular complexity index is 660. The number of carbonyl (C=O) groups excluding carboxylic acids is 1. The first-order chi connectivity index (χ1) is 13.2. The molecule has 0 atom stereocenters. The van der Waals surface area contributed by atoms with Gasteiger partial charge in [0.1, 0.15) is 0 Å². The van der Waals surface area contributed by atoms with Crippen molar-refractivity contribution in [3.63, 3.8) is 0 Å². The molecule has 2 aliphatic heterocycles. The predicted molar refractivity (Wildman–Crippen MR) is 123 cm³/mol.